The molecule has 1 amide bonds. The van der Waals surface area contributed by atoms with E-state index >= 15 is 0 Å². The molecule has 0 bridgehead atoms. The van der Waals surface area contributed by atoms with Crippen LogP contribution in [-0.2, 0) is 6.54 Å². The molecule has 94 valence electrons. The van der Waals surface area contributed by atoms with Gasteiger partial charge in [-0.2, -0.15) is 0 Å². The summed E-state index contributed by atoms with van der Waals surface area (Å²) in [4.78, 5) is 13.6. The van der Waals surface area contributed by atoms with Gasteiger partial charge in [-0.1, -0.05) is 28.9 Å². The van der Waals surface area contributed by atoms with Gasteiger partial charge >= 0.3 is 0 Å². The summed E-state index contributed by atoms with van der Waals surface area (Å²) < 4.78 is 0.932. The first kappa shape index (κ1) is 14.2. The molecule has 1 aromatic rings. The number of carbonyl (C=O) groups is 1. The van der Waals surface area contributed by atoms with Gasteiger partial charge in [0.05, 0.1) is 0 Å². The molecule has 0 aromatic heterocycles. The average molecular weight is 300 g/mol. The van der Waals surface area contributed by atoms with Gasteiger partial charge in [0.1, 0.15) is 0 Å². The van der Waals surface area contributed by atoms with Crippen molar-refractivity contribution in [1.29, 1.82) is 0 Å². The molecule has 1 rings (SSSR count). The van der Waals surface area contributed by atoms with Gasteiger partial charge in [0, 0.05) is 16.6 Å². The Labute approximate surface area is 110 Å². The van der Waals surface area contributed by atoms with E-state index in [0.717, 1.165) is 29.5 Å². The van der Waals surface area contributed by atoms with Crippen LogP contribution in [-0.4, -0.2) is 24.4 Å². The molecule has 0 unspecified atom stereocenters. The zero-order valence-corrected chi connectivity index (χ0v) is 11.8. The zero-order chi connectivity index (χ0) is 12.8. The highest BCUT2D eigenvalue weighted by atomic mass is 79.9. The number of hydrogen-bond donors (Lipinski definition) is 2. The fourth-order valence-electron chi connectivity index (χ4n) is 1.65. The van der Waals surface area contributed by atoms with E-state index in [1.165, 1.54) is 0 Å². The van der Waals surface area contributed by atoms with Gasteiger partial charge in [-0.15, -0.1) is 0 Å². The Kier molecular flexibility index (Phi) is 5.61. The number of nitrogens with zero attached hydrogens (tertiary/aromatic N) is 1. The maximum Gasteiger partial charge on any atom is 0.265 e. The van der Waals surface area contributed by atoms with Gasteiger partial charge in [0.25, 0.3) is 5.91 Å². The lowest BCUT2D eigenvalue weighted by Crippen LogP contribution is -2.30. The molecular weight excluding hydrogens is 282 g/mol. The third-order valence-corrected chi connectivity index (χ3v) is 3.23. The monoisotopic (exact) mass is 299 g/mol. The molecule has 4 nitrogen and oxygen atoms in total. The number of nitrogen functional groups attached to an aromatic ring is 1. The van der Waals surface area contributed by atoms with Crippen LogP contribution in [0, 0.1) is 0 Å². The second-order valence-corrected chi connectivity index (χ2v) is 4.87. The Morgan fingerprint density at radius 3 is 2.76 bits per heavy atom. The predicted molar refractivity (Wildman–Crippen MR) is 72.4 cm³/mol. The first-order valence-corrected chi connectivity index (χ1v) is 6.35. The van der Waals surface area contributed by atoms with Gasteiger partial charge in [-0.25, -0.2) is 5.84 Å². The molecule has 3 N–H and O–H groups in total. The molecule has 0 aliphatic rings. The largest absolute Gasteiger partial charge is 0.302 e. The van der Waals surface area contributed by atoms with Crippen molar-refractivity contribution in [2.75, 3.05) is 13.6 Å². The van der Waals surface area contributed by atoms with Crippen LogP contribution in [0.25, 0.3) is 0 Å². The quantitative estimate of drug-likeness (QED) is 0.496. The van der Waals surface area contributed by atoms with E-state index in [0.29, 0.717) is 5.56 Å². The Morgan fingerprint density at radius 1 is 1.53 bits per heavy atom. The zero-order valence-electron chi connectivity index (χ0n) is 10.2. The minimum absolute atomic E-state index is 0.279. The molecular formula is C12H18BrN3O. The lowest BCUT2D eigenvalue weighted by Gasteiger charge is -2.16. The van der Waals surface area contributed by atoms with Crippen molar-refractivity contribution in [1.82, 2.24) is 10.3 Å². The smallest absolute Gasteiger partial charge is 0.265 e. The fraction of sp³-hybridized carbons (Fsp3) is 0.417. The van der Waals surface area contributed by atoms with E-state index in [9.17, 15) is 4.79 Å². The van der Waals surface area contributed by atoms with Crippen molar-refractivity contribution in [2.45, 2.75) is 19.9 Å². The minimum Gasteiger partial charge on any atom is -0.302 e. The molecule has 0 atom stereocenters. The highest BCUT2D eigenvalue weighted by Gasteiger charge is 2.08. The molecule has 0 radical (unpaired) electrons. The maximum atomic E-state index is 11.3. The Balaban J connectivity index is 2.79. The van der Waals surface area contributed by atoms with Crippen LogP contribution in [0.4, 0.5) is 0 Å². The number of amides is 1. The number of benzene rings is 1. The number of nitrogens with two attached hydrogens (primary N) is 1. The molecule has 0 fully saturated rings. The Morgan fingerprint density at radius 2 is 2.24 bits per heavy atom. The number of halogens is 1. The van der Waals surface area contributed by atoms with Crippen LogP contribution < -0.4 is 11.3 Å². The third kappa shape index (κ3) is 4.11. The highest BCUT2D eigenvalue weighted by Crippen LogP contribution is 2.20. The first-order valence-electron chi connectivity index (χ1n) is 5.56. The van der Waals surface area contributed by atoms with Crippen LogP contribution in [0.3, 0.4) is 0 Å². The molecule has 0 aliphatic carbocycles. The van der Waals surface area contributed by atoms with E-state index in [1.54, 1.807) is 12.1 Å². The summed E-state index contributed by atoms with van der Waals surface area (Å²) in [6.07, 6.45) is 1.13. The summed E-state index contributed by atoms with van der Waals surface area (Å²) in [6.45, 7) is 4.07. The summed E-state index contributed by atoms with van der Waals surface area (Å²) >= 11 is 3.48. The van der Waals surface area contributed by atoms with Gasteiger partial charge in [-0.3, -0.25) is 10.2 Å². The molecule has 0 heterocycles. The van der Waals surface area contributed by atoms with Crippen LogP contribution in [0.5, 0.6) is 0 Å². The normalized spacial score (nSPS) is 10.6. The second-order valence-electron chi connectivity index (χ2n) is 4.02. The number of carbonyl (C=O) groups excluding carboxylic acids is 1. The number of nitrogens with one attached hydrogen (secondary N) is 1. The number of hydrazine groups is 1. The van der Waals surface area contributed by atoms with Gasteiger partial charge in [0.15, 0.2) is 0 Å². The van der Waals surface area contributed by atoms with E-state index in [-0.39, 0.29) is 5.91 Å². The minimum atomic E-state index is -0.279. The first-order chi connectivity index (χ1) is 8.08. The van der Waals surface area contributed by atoms with Gasteiger partial charge in [-0.05, 0) is 37.7 Å². The predicted octanol–water partition coefficient (Wildman–Crippen LogP) is 1.89. The summed E-state index contributed by atoms with van der Waals surface area (Å²) in [5.74, 6) is 4.81. The summed E-state index contributed by atoms with van der Waals surface area (Å²) in [5.41, 5.74) is 3.84. The Hall–Kier alpha value is -0.910. The molecule has 17 heavy (non-hydrogen) atoms. The van der Waals surface area contributed by atoms with Gasteiger partial charge in [0.2, 0.25) is 0 Å². The topological polar surface area (TPSA) is 58.4 Å². The molecule has 0 saturated heterocycles. The summed E-state index contributed by atoms with van der Waals surface area (Å²) in [6, 6.07) is 5.51. The SMILES string of the molecule is CCCN(C)Cc1ccc(C(=O)NN)cc1Br. The van der Waals surface area contributed by atoms with Crippen molar-refractivity contribution in [3.8, 4) is 0 Å². The molecule has 5 heteroatoms. The van der Waals surface area contributed by atoms with Crippen molar-refractivity contribution < 1.29 is 4.79 Å². The fourth-order valence-corrected chi connectivity index (χ4v) is 2.16. The molecule has 0 aliphatic heterocycles. The second kappa shape index (κ2) is 6.74. The molecule has 0 saturated carbocycles. The Bertz CT molecular complexity index is 395. The van der Waals surface area contributed by atoms with Crippen molar-refractivity contribution in [3.63, 3.8) is 0 Å². The van der Waals surface area contributed by atoms with E-state index in [1.807, 2.05) is 6.07 Å². The van der Waals surface area contributed by atoms with Crippen LogP contribution >= 0.6 is 15.9 Å². The van der Waals surface area contributed by atoms with E-state index in [2.05, 4.69) is 40.2 Å². The van der Waals surface area contributed by atoms with Crippen LogP contribution in [0.15, 0.2) is 22.7 Å². The van der Waals surface area contributed by atoms with E-state index < -0.39 is 0 Å². The standard InChI is InChI=1S/C12H18BrN3O/c1-3-6-16(2)8-10-5-4-9(7-11(10)13)12(17)15-14/h4-5,7H,3,6,8,14H2,1-2H3,(H,15,17). The average Bonchev–Trinajstić information content (AvgIpc) is 2.31. The number of rotatable bonds is 5. The lowest BCUT2D eigenvalue weighted by molar-refractivity contribution is 0.0953. The van der Waals surface area contributed by atoms with Crippen molar-refractivity contribution >= 4 is 21.8 Å². The van der Waals surface area contributed by atoms with Gasteiger partial charge < -0.3 is 4.90 Å². The number of hydrogen-bond acceptors (Lipinski definition) is 3. The highest BCUT2D eigenvalue weighted by molar-refractivity contribution is 9.10. The van der Waals surface area contributed by atoms with Crippen molar-refractivity contribution in [3.05, 3.63) is 33.8 Å². The molecule has 1 aromatic carbocycles. The molecule has 0 spiro atoms. The van der Waals surface area contributed by atoms with Crippen molar-refractivity contribution in [2.24, 2.45) is 5.84 Å². The summed E-state index contributed by atoms with van der Waals surface area (Å²) in [7, 11) is 2.08. The maximum absolute atomic E-state index is 11.3. The summed E-state index contributed by atoms with van der Waals surface area (Å²) in [5, 5.41) is 0. The van der Waals surface area contributed by atoms with Crippen LogP contribution in [0.2, 0.25) is 0 Å². The third-order valence-electron chi connectivity index (χ3n) is 2.49. The lowest BCUT2D eigenvalue weighted by atomic mass is 10.1. The van der Waals surface area contributed by atoms with Crippen LogP contribution in [0.1, 0.15) is 29.3 Å². The van der Waals surface area contributed by atoms with E-state index in [4.69, 9.17) is 5.84 Å².